The molecule has 2 aliphatic rings. The monoisotopic (exact) mass is 302 g/mol. The number of benzene rings is 2. The van der Waals surface area contributed by atoms with E-state index in [1.165, 1.54) is 29.3 Å². The summed E-state index contributed by atoms with van der Waals surface area (Å²) in [6.45, 7) is 0. The largest absolute Gasteiger partial charge is 0.276 e. The molecule has 0 fully saturated rings. The Hall–Kier alpha value is -2.08. The number of carbonyl (C=O) groups excluding carboxylic acids is 2. The topological polar surface area (TPSA) is 34.1 Å². The molecule has 2 aliphatic carbocycles. The Balaban J connectivity index is 0.000000198. The predicted octanol–water partition coefficient (Wildman–Crippen LogP) is 4.09. The molecule has 3 rings (SSSR count). The number of fused-ring (bicyclic) bond motifs is 1. The second-order valence-corrected chi connectivity index (χ2v) is 4.69. The molecule has 0 saturated heterocycles. The van der Waals surface area contributed by atoms with Crippen LogP contribution in [0.5, 0.6) is 0 Å². The highest BCUT2D eigenvalue weighted by Gasteiger charge is 2.14. The lowest BCUT2D eigenvalue weighted by Crippen LogP contribution is -2.01. The summed E-state index contributed by atoms with van der Waals surface area (Å²) < 4.78 is 0. The van der Waals surface area contributed by atoms with Gasteiger partial charge in [0.15, 0.2) is 0 Å². The third kappa shape index (κ3) is 3.08. The number of hydrogen-bond acceptors (Lipinski definition) is 2. The molecule has 98 valence electrons. The Morgan fingerprint density at radius 2 is 1.35 bits per heavy atom. The predicted molar refractivity (Wildman–Crippen MR) is 80.2 cm³/mol. The Morgan fingerprint density at radius 3 is 1.60 bits per heavy atom. The van der Waals surface area contributed by atoms with E-state index in [1.807, 2.05) is 0 Å². The van der Waals surface area contributed by atoms with Crippen LogP contribution in [-0.2, 0) is 0 Å². The highest BCUT2D eigenvalue weighted by molar-refractivity contribution is 6.69. The molecule has 0 amide bonds. The van der Waals surface area contributed by atoms with Gasteiger partial charge in [-0.25, -0.2) is 0 Å². The fourth-order valence-corrected chi connectivity index (χ4v) is 2.03. The molecule has 1 aromatic rings. The third-order valence-electron chi connectivity index (χ3n) is 2.74. The summed E-state index contributed by atoms with van der Waals surface area (Å²) in [6.07, 6.45) is 5.16. The lowest BCUT2D eigenvalue weighted by molar-refractivity contribution is 0.108. The van der Waals surface area contributed by atoms with E-state index >= 15 is 0 Å². The van der Waals surface area contributed by atoms with Gasteiger partial charge in [0, 0.05) is 5.56 Å². The minimum Gasteiger partial charge on any atom is -0.276 e. The Labute approximate surface area is 126 Å². The molecular formula is C16H8Cl2O2. The molecule has 0 aliphatic heterocycles. The molecule has 0 atom stereocenters. The molecular weight excluding hydrogens is 295 g/mol. The van der Waals surface area contributed by atoms with Gasteiger partial charge in [-0.2, -0.15) is 0 Å². The zero-order valence-electron chi connectivity index (χ0n) is 10.2. The fourth-order valence-electron chi connectivity index (χ4n) is 1.71. The molecule has 0 aromatic heterocycles. The second kappa shape index (κ2) is 5.92. The summed E-state index contributed by atoms with van der Waals surface area (Å²) in [5.74, 6) is 2.22. The van der Waals surface area contributed by atoms with Gasteiger partial charge in [-0.05, 0) is 52.5 Å². The van der Waals surface area contributed by atoms with Crippen LogP contribution in [0.4, 0.5) is 0 Å². The van der Waals surface area contributed by atoms with Crippen molar-refractivity contribution in [3.05, 3.63) is 59.2 Å². The summed E-state index contributed by atoms with van der Waals surface area (Å²) in [5, 5.41) is -1.42. The van der Waals surface area contributed by atoms with E-state index in [9.17, 15) is 9.59 Å². The first-order valence-corrected chi connectivity index (χ1v) is 6.40. The Morgan fingerprint density at radius 1 is 0.900 bits per heavy atom. The van der Waals surface area contributed by atoms with Crippen LogP contribution in [0.3, 0.4) is 0 Å². The van der Waals surface area contributed by atoms with Gasteiger partial charge in [0.25, 0.3) is 10.5 Å². The first kappa shape index (κ1) is 14.3. The van der Waals surface area contributed by atoms with Crippen LogP contribution in [-0.4, -0.2) is 10.5 Å². The lowest BCUT2D eigenvalue weighted by Gasteiger charge is -2.02. The van der Waals surface area contributed by atoms with E-state index in [1.54, 1.807) is 0 Å². The zero-order chi connectivity index (χ0) is 14.7. The van der Waals surface area contributed by atoms with Crippen LogP contribution in [0.15, 0.2) is 42.5 Å². The fraction of sp³-hybridized carbons (Fsp3) is 0. The van der Waals surface area contributed by atoms with E-state index in [0.29, 0.717) is 0 Å². The number of rotatable bonds is 2. The van der Waals surface area contributed by atoms with Gasteiger partial charge in [0.2, 0.25) is 0 Å². The van der Waals surface area contributed by atoms with E-state index in [4.69, 9.17) is 29.6 Å². The van der Waals surface area contributed by atoms with Crippen molar-refractivity contribution in [2.75, 3.05) is 0 Å². The van der Waals surface area contributed by atoms with Crippen LogP contribution in [0.1, 0.15) is 26.3 Å². The van der Waals surface area contributed by atoms with Crippen LogP contribution in [0.2, 0.25) is 0 Å². The maximum atomic E-state index is 10.9. The van der Waals surface area contributed by atoms with Crippen molar-refractivity contribution in [3.8, 4) is 23.5 Å². The Kier molecular flexibility index (Phi) is 4.24. The van der Waals surface area contributed by atoms with Crippen molar-refractivity contribution in [2.45, 2.75) is 0 Å². The average molecular weight is 303 g/mol. The number of halogens is 2. The maximum absolute atomic E-state index is 10.9. The first-order valence-electron chi connectivity index (χ1n) is 5.64. The molecule has 0 unspecified atom stereocenters. The van der Waals surface area contributed by atoms with Gasteiger partial charge >= 0.3 is 0 Å². The summed E-state index contributed by atoms with van der Waals surface area (Å²) in [5.41, 5.74) is 3.21. The molecule has 1 aromatic carbocycles. The van der Waals surface area contributed by atoms with Crippen molar-refractivity contribution >= 4 is 33.7 Å². The maximum Gasteiger partial charge on any atom is 0.253 e. The summed E-state index contributed by atoms with van der Waals surface area (Å²) in [6, 6.07) is 12.9. The normalized spacial score (nSPS) is 9.85. The molecule has 0 bridgehead atoms. The Bertz CT molecular complexity index is 693. The van der Waals surface area contributed by atoms with Gasteiger partial charge in [-0.1, -0.05) is 30.2 Å². The summed E-state index contributed by atoms with van der Waals surface area (Å²) in [7, 11) is 0. The lowest BCUT2D eigenvalue weighted by atomic mass is 10.0. The highest BCUT2D eigenvalue weighted by Crippen LogP contribution is 2.32. The minimum atomic E-state index is -0.710. The van der Waals surface area contributed by atoms with E-state index in [2.05, 4.69) is 30.2 Å². The van der Waals surface area contributed by atoms with Crippen molar-refractivity contribution in [3.63, 3.8) is 0 Å². The summed E-state index contributed by atoms with van der Waals surface area (Å²) in [4.78, 5) is 21.8. The van der Waals surface area contributed by atoms with Gasteiger partial charge in [0.05, 0.1) is 11.1 Å². The molecule has 0 heterocycles. The molecule has 0 radical (unpaired) electrons. The highest BCUT2D eigenvalue weighted by atomic mass is 35.5. The van der Waals surface area contributed by atoms with Crippen molar-refractivity contribution < 1.29 is 9.59 Å². The number of terminal acetylenes is 1. The van der Waals surface area contributed by atoms with E-state index < -0.39 is 10.5 Å². The molecule has 2 nitrogen and oxygen atoms in total. The van der Waals surface area contributed by atoms with Gasteiger partial charge in [-0.15, -0.1) is 6.42 Å². The zero-order valence-corrected chi connectivity index (χ0v) is 11.7. The minimum absolute atomic E-state index is 0.112. The van der Waals surface area contributed by atoms with Crippen LogP contribution in [0.25, 0.3) is 11.1 Å². The van der Waals surface area contributed by atoms with Gasteiger partial charge in [0.1, 0.15) is 0 Å². The quantitative estimate of drug-likeness (QED) is 0.528. The summed E-state index contributed by atoms with van der Waals surface area (Å²) >= 11 is 10.5. The second-order valence-electron chi connectivity index (χ2n) is 4.00. The van der Waals surface area contributed by atoms with Crippen LogP contribution < -0.4 is 0 Å². The molecule has 0 saturated carbocycles. The van der Waals surface area contributed by atoms with Crippen molar-refractivity contribution in [2.24, 2.45) is 0 Å². The van der Waals surface area contributed by atoms with Gasteiger partial charge < -0.3 is 0 Å². The number of carbonyl (C=O) groups is 2. The van der Waals surface area contributed by atoms with E-state index in [0.717, 1.165) is 0 Å². The van der Waals surface area contributed by atoms with Crippen molar-refractivity contribution in [1.82, 2.24) is 0 Å². The van der Waals surface area contributed by atoms with Crippen LogP contribution in [0, 0.1) is 12.3 Å². The van der Waals surface area contributed by atoms with E-state index in [-0.39, 0.29) is 16.7 Å². The SMILES string of the molecule is C#Cc1c(C(=O)Cl)cccc1C(=O)Cl.c1cc2cc-2c1. The van der Waals surface area contributed by atoms with Crippen molar-refractivity contribution in [1.29, 1.82) is 0 Å². The standard InChI is InChI=1S/C10H4Cl2O2.C6H4/c1-2-6-7(9(11)13)4-3-5-8(6)10(12)14;1-2-5-4-6(5)3-1/h1,3-5H;1-4H. The first-order chi connectivity index (χ1) is 9.54. The van der Waals surface area contributed by atoms with Gasteiger partial charge in [-0.3, -0.25) is 9.59 Å². The third-order valence-corrected chi connectivity index (χ3v) is 3.15. The smallest absolute Gasteiger partial charge is 0.253 e. The molecule has 4 heteroatoms. The van der Waals surface area contributed by atoms with Crippen LogP contribution >= 0.6 is 23.2 Å². The molecule has 0 spiro atoms. The molecule has 20 heavy (non-hydrogen) atoms. The average Bonchev–Trinajstić information content (AvgIpc) is 3.04. The number of hydrogen-bond donors (Lipinski definition) is 0. The molecule has 0 N–H and O–H groups in total.